The van der Waals surface area contributed by atoms with E-state index in [0.29, 0.717) is 36.3 Å². The van der Waals surface area contributed by atoms with Crippen molar-refractivity contribution in [2.24, 2.45) is 5.92 Å². The largest absolute Gasteiger partial charge is 0.494 e. The van der Waals surface area contributed by atoms with Gasteiger partial charge in [-0.1, -0.05) is 13.0 Å². The Hall–Kier alpha value is -2.67. The number of fused-ring (bicyclic) bond motifs is 4. The lowest BCUT2D eigenvalue weighted by Crippen LogP contribution is -2.52. The molecule has 2 aliphatic heterocycles. The number of benzene rings is 1. The van der Waals surface area contributed by atoms with Gasteiger partial charge >= 0.3 is 0 Å². The minimum Gasteiger partial charge on any atom is -0.494 e. The fraction of sp³-hybridized carbons (Fsp3) is 0.409. The molecule has 0 saturated carbocycles. The van der Waals surface area contributed by atoms with Gasteiger partial charge in [0.05, 0.1) is 6.61 Å². The molecule has 2 bridgehead atoms. The van der Waals surface area contributed by atoms with Crippen molar-refractivity contribution in [1.82, 2.24) is 14.8 Å². The summed E-state index contributed by atoms with van der Waals surface area (Å²) in [5, 5.41) is 3.31. The number of nitrogens with zero attached hydrogens (tertiary/aromatic N) is 2. The first kappa shape index (κ1) is 19.6. The monoisotopic (exact) mass is 411 g/mol. The second kappa shape index (κ2) is 8.37. The Labute approximate surface area is 175 Å². The van der Waals surface area contributed by atoms with Crippen LogP contribution in [0.25, 0.3) is 0 Å². The van der Waals surface area contributed by atoms with E-state index in [1.54, 1.807) is 30.3 Å². The predicted octanol–water partition coefficient (Wildman–Crippen LogP) is 2.77. The van der Waals surface area contributed by atoms with Crippen LogP contribution >= 0.6 is 12.2 Å². The van der Waals surface area contributed by atoms with Gasteiger partial charge in [-0.15, -0.1) is 0 Å². The van der Waals surface area contributed by atoms with E-state index in [0.717, 1.165) is 30.8 Å². The Morgan fingerprint density at radius 3 is 2.72 bits per heavy atom. The first-order valence-corrected chi connectivity index (χ1v) is 10.5. The average molecular weight is 412 g/mol. The number of amides is 1. The van der Waals surface area contributed by atoms with Crippen molar-refractivity contribution in [3.63, 3.8) is 0 Å². The van der Waals surface area contributed by atoms with Gasteiger partial charge in [-0.2, -0.15) is 0 Å². The quantitative estimate of drug-likeness (QED) is 0.784. The molecule has 1 fully saturated rings. The fourth-order valence-corrected chi connectivity index (χ4v) is 4.47. The lowest BCUT2D eigenvalue weighted by atomic mass is 9.83. The summed E-state index contributed by atoms with van der Waals surface area (Å²) < 4.78 is 7.44. The predicted molar refractivity (Wildman–Crippen MR) is 115 cm³/mol. The van der Waals surface area contributed by atoms with Gasteiger partial charge in [0.15, 0.2) is 5.11 Å². The van der Waals surface area contributed by atoms with Crippen molar-refractivity contribution >= 4 is 23.2 Å². The summed E-state index contributed by atoms with van der Waals surface area (Å²) in [6.07, 6.45) is 1.99. The second-order valence-electron chi connectivity index (χ2n) is 7.74. The number of carbonyl (C=O) groups is 1. The molecule has 2 aliphatic rings. The number of hydrogen-bond donors (Lipinski definition) is 1. The smallest absolute Gasteiger partial charge is 0.257 e. The second-order valence-corrected chi connectivity index (χ2v) is 8.12. The highest BCUT2D eigenvalue weighted by Gasteiger charge is 2.35. The van der Waals surface area contributed by atoms with E-state index in [9.17, 15) is 9.59 Å². The molecule has 6 nitrogen and oxygen atoms in total. The van der Waals surface area contributed by atoms with Crippen molar-refractivity contribution < 1.29 is 9.53 Å². The minimum absolute atomic E-state index is 0.0629. The summed E-state index contributed by atoms with van der Waals surface area (Å²) in [6, 6.07) is 12.6. The minimum atomic E-state index is -0.218. The maximum Gasteiger partial charge on any atom is 0.257 e. The van der Waals surface area contributed by atoms with E-state index in [4.69, 9.17) is 17.0 Å². The number of piperidine rings is 1. The van der Waals surface area contributed by atoms with E-state index < -0.39 is 0 Å². The van der Waals surface area contributed by atoms with Crippen molar-refractivity contribution in [1.29, 1.82) is 0 Å². The zero-order valence-corrected chi connectivity index (χ0v) is 17.3. The molecule has 0 radical (unpaired) electrons. The van der Waals surface area contributed by atoms with Crippen LogP contribution in [-0.2, 0) is 6.54 Å². The molecular formula is C22H25N3O3S. The summed E-state index contributed by atoms with van der Waals surface area (Å²) in [7, 11) is 0. The summed E-state index contributed by atoms with van der Waals surface area (Å²) in [6.45, 7) is 4.87. The molecule has 0 aliphatic carbocycles. The number of likely N-dealkylation sites (tertiary alicyclic amines) is 1. The molecular weight excluding hydrogens is 386 g/mol. The molecule has 0 unspecified atom stereocenters. The molecule has 152 valence electrons. The lowest BCUT2D eigenvalue weighted by Gasteiger charge is -2.43. The van der Waals surface area contributed by atoms with Crippen LogP contribution in [0.4, 0.5) is 0 Å². The van der Waals surface area contributed by atoms with E-state index in [1.807, 2.05) is 16.7 Å². The zero-order chi connectivity index (χ0) is 20.4. The first-order valence-electron chi connectivity index (χ1n) is 10.1. The molecule has 1 amide bonds. The molecule has 7 heteroatoms. The SMILES string of the molecule is CCCOc1ccc(C(=O)NC(=S)N2C[C@H]3C[C@@H](C2)c2cccc(=O)n2C3)cc1. The molecule has 2 atom stereocenters. The van der Waals surface area contributed by atoms with Crippen molar-refractivity contribution in [3.05, 3.63) is 64.1 Å². The number of rotatable bonds is 4. The van der Waals surface area contributed by atoms with Crippen LogP contribution in [-0.4, -0.2) is 40.2 Å². The van der Waals surface area contributed by atoms with Gasteiger partial charge in [-0.3, -0.25) is 14.9 Å². The van der Waals surface area contributed by atoms with E-state index >= 15 is 0 Å². The maximum atomic E-state index is 12.6. The third-order valence-electron chi connectivity index (χ3n) is 5.58. The van der Waals surface area contributed by atoms with Gasteiger partial charge in [0.2, 0.25) is 0 Å². The van der Waals surface area contributed by atoms with Gasteiger partial charge < -0.3 is 14.2 Å². The highest BCUT2D eigenvalue weighted by atomic mass is 32.1. The number of nitrogens with one attached hydrogen (secondary N) is 1. The Bertz CT molecular complexity index is 970. The summed E-state index contributed by atoms with van der Waals surface area (Å²) in [5.41, 5.74) is 1.67. The summed E-state index contributed by atoms with van der Waals surface area (Å²) in [4.78, 5) is 26.8. The number of carbonyl (C=O) groups excluding carboxylic acids is 1. The topological polar surface area (TPSA) is 63.6 Å². The third kappa shape index (κ3) is 4.19. The molecule has 0 spiro atoms. The van der Waals surface area contributed by atoms with Gasteiger partial charge in [0.25, 0.3) is 11.5 Å². The van der Waals surface area contributed by atoms with Gasteiger partial charge in [-0.25, -0.2) is 0 Å². The van der Waals surface area contributed by atoms with Crippen LogP contribution in [0.1, 0.15) is 41.7 Å². The van der Waals surface area contributed by atoms with E-state index in [1.165, 1.54) is 0 Å². The van der Waals surface area contributed by atoms with Gasteiger partial charge in [0.1, 0.15) is 5.75 Å². The Morgan fingerprint density at radius 2 is 1.97 bits per heavy atom. The fourth-order valence-electron chi connectivity index (χ4n) is 4.23. The van der Waals surface area contributed by atoms with Crippen molar-refractivity contribution in [2.45, 2.75) is 32.2 Å². The van der Waals surface area contributed by atoms with Crippen LogP contribution in [0, 0.1) is 5.92 Å². The zero-order valence-electron chi connectivity index (χ0n) is 16.5. The lowest BCUT2D eigenvalue weighted by molar-refractivity contribution is 0.0968. The maximum absolute atomic E-state index is 12.6. The highest BCUT2D eigenvalue weighted by molar-refractivity contribution is 7.80. The Kier molecular flexibility index (Phi) is 5.67. The number of pyridine rings is 1. The number of thiocarbonyl (C=S) groups is 1. The summed E-state index contributed by atoms with van der Waals surface area (Å²) in [5.74, 6) is 1.14. The van der Waals surface area contributed by atoms with Gasteiger partial charge in [0, 0.05) is 42.9 Å². The summed E-state index contributed by atoms with van der Waals surface area (Å²) >= 11 is 5.54. The number of hydrogen-bond acceptors (Lipinski definition) is 4. The van der Waals surface area contributed by atoms with Crippen molar-refractivity contribution in [3.8, 4) is 5.75 Å². The molecule has 1 N–H and O–H groups in total. The molecule has 4 rings (SSSR count). The Balaban J connectivity index is 1.40. The standard InChI is InChI=1S/C22H25N3O3S/c1-2-10-28-18-8-6-16(7-9-18)21(27)23-22(29)24-12-15-11-17(14-24)19-4-3-5-20(26)25(19)13-15/h3-9,15,17H,2,10-14H2,1H3,(H,23,27,29)/t15-,17+/m1/s1. The van der Waals surface area contributed by atoms with E-state index in [2.05, 4.69) is 17.1 Å². The molecule has 1 aromatic heterocycles. The Morgan fingerprint density at radius 1 is 1.17 bits per heavy atom. The number of ether oxygens (including phenoxy) is 1. The van der Waals surface area contributed by atoms with Gasteiger partial charge in [-0.05, 0) is 61.3 Å². The van der Waals surface area contributed by atoms with Crippen LogP contribution < -0.4 is 15.6 Å². The van der Waals surface area contributed by atoms with Crippen molar-refractivity contribution in [2.75, 3.05) is 19.7 Å². The highest BCUT2D eigenvalue weighted by Crippen LogP contribution is 2.34. The van der Waals surface area contributed by atoms with Crippen LogP contribution in [0.5, 0.6) is 5.75 Å². The van der Waals surface area contributed by atoms with Crippen LogP contribution in [0.3, 0.4) is 0 Å². The third-order valence-corrected chi connectivity index (χ3v) is 5.94. The number of aromatic nitrogens is 1. The molecule has 29 heavy (non-hydrogen) atoms. The first-order chi connectivity index (χ1) is 14.0. The average Bonchev–Trinajstić information content (AvgIpc) is 2.73. The normalized spacial score (nSPS) is 20.0. The van der Waals surface area contributed by atoms with E-state index in [-0.39, 0.29) is 17.4 Å². The molecule has 1 saturated heterocycles. The van der Waals surface area contributed by atoms with Crippen LogP contribution in [0.15, 0.2) is 47.3 Å². The molecule has 2 aromatic rings. The van der Waals surface area contributed by atoms with Crippen LogP contribution in [0.2, 0.25) is 0 Å². The molecule has 1 aromatic carbocycles. The molecule has 3 heterocycles.